The van der Waals surface area contributed by atoms with E-state index >= 15 is 0 Å². The first-order chi connectivity index (χ1) is 6.13. The van der Waals surface area contributed by atoms with Crippen LogP contribution in [-0.2, 0) is 4.79 Å². The zero-order valence-electron chi connectivity index (χ0n) is 7.63. The van der Waals surface area contributed by atoms with Crippen molar-refractivity contribution in [2.24, 2.45) is 0 Å². The van der Waals surface area contributed by atoms with Crippen LogP contribution in [0.1, 0.15) is 24.1 Å². The lowest BCUT2D eigenvalue weighted by Gasteiger charge is -2.06. The van der Waals surface area contributed by atoms with Gasteiger partial charge in [0.25, 0.3) is 0 Å². The molecule has 1 atom stereocenters. The molecular weight excluding hydrogens is 250 g/mol. The summed E-state index contributed by atoms with van der Waals surface area (Å²) >= 11 is 5.09. The Kier molecular flexibility index (Phi) is 3.93. The molecule has 13 heavy (non-hydrogen) atoms. The van der Waals surface area contributed by atoms with E-state index in [4.69, 9.17) is 0 Å². The van der Waals surface area contributed by atoms with Crippen molar-refractivity contribution in [2.45, 2.75) is 19.3 Å². The largest absolute Gasteiger partial charge is 0.359 e. The molecular formula is C9H12BrNOS. The van der Waals surface area contributed by atoms with Crippen LogP contribution in [0, 0.1) is 0 Å². The molecule has 0 aliphatic rings. The molecule has 1 heterocycles. The van der Waals surface area contributed by atoms with E-state index in [0.717, 1.165) is 3.79 Å². The van der Waals surface area contributed by atoms with Crippen LogP contribution in [0.4, 0.5) is 0 Å². The second-order valence-corrected chi connectivity index (χ2v) is 5.41. The summed E-state index contributed by atoms with van der Waals surface area (Å²) in [5.41, 5.74) is 0. The van der Waals surface area contributed by atoms with Gasteiger partial charge in [0, 0.05) is 18.3 Å². The number of carbonyl (C=O) groups is 1. The predicted molar refractivity (Wildman–Crippen MR) is 59.1 cm³/mol. The topological polar surface area (TPSA) is 29.1 Å². The van der Waals surface area contributed by atoms with Crippen LogP contribution in [0.5, 0.6) is 0 Å². The summed E-state index contributed by atoms with van der Waals surface area (Å²) in [4.78, 5) is 12.3. The molecule has 1 amide bonds. The van der Waals surface area contributed by atoms with Gasteiger partial charge in [0.15, 0.2) is 0 Å². The van der Waals surface area contributed by atoms with Gasteiger partial charge >= 0.3 is 0 Å². The smallest absolute Gasteiger partial charge is 0.220 e. The highest BCUT2D eigenvalue weighted by Crippen LogP contribution is 2.29. The summed E-state index contributed by atoms with van der Waals surface area (Å²) in [7, 11) is 1.67. The number of thiophene rings is 1. The number of amides is 1. The summed E-state index contributed by atoms with van der Waals surface area (Å²) in [5.74, 6) is 0.397. The lowest BCUT2D eigenvalue weighted by Crippen LogP contribution is -2.19. The fourth-order valence-corrected chi connectivity index (χ4v) is 2.55. The Morgan fingerprint density at radius 1 is 1.69 bits per heavy atom. The van der Waals surface area contributed by atoms with E-state index in [-0.39, 0.29) is 5.91 Å². The second kappa shape index (κ2) is 4.77. The van der Waals surface area contributed by atoms with Crippen LogP contribution in [-0.4, -0.2) is 13.0 Å². The first-order valence-corrected chi connectivity index (χ1v) is 5.70. The Morgan fingerprint density at radius 2 is 2.38 bits per heavy atom. The molecule has 0 fully saturated rings. The lowest BCUT2D eigenvalue weighted by molar-refractivity contribution is -0.120. The van der Waals surface area contributed by atoms with E-state index in [9.17, 15) is 4.79 Å². The average molecular weight is 262 g/mol. The van der Waals surface area contributed by atoms with Gasteiger partial charge in [-0.1, -0.05) is 6.92 Å². The SMILES string of the molecule is CNC(=O)CC(C)c1ccc(Br)s1. The maximum absolute atomic E-state index is 11.1. The molecule has 72 valence electrons. The van der Waals surface area contributed by atoms with Crippen molar-refractivity contribution >= 4 is 33.2 Å². The monoisotopic (exact) mass is 261 g/mol. The molecule has 1 N–H and O–H groups in total. The van der Waals surface area contributed by atoms with E-state index in [1.165, 1.54) is 4.88 Å². The predicted octanol–water partition coefficient (Wildman–Crippen LogP) is 2.75. The van der Waals surface area contributed by atoms with Gasteiger partial charge in [0.05, 0.1) is 3.79 Å². The van der Waals surface area contributed by atoms with Crippen LogP contribution in [0.15, 0.2) is 15.9 Å². The van der Waals surface area contributed by atoms with E-state index in [1.807, 2.05) is 6.07 Å². The molecule has 4 heteroatoms. The van der Waals surface area contributed by atoms with Gasteiger partial charge in [-0.15, -0.1) is 11.3 Å². The van der Waals surface area contributed by atoms with Crippen LogP contribution >= 0.6 is 27.3 Å². The molecule has 0 saturated heterocycles. The van der Waals surface area contributed by atoms with Crippen molar-refractivity contribution in [1.29, 1.82) is 0 Å². The lowest BCUT2D eigenvalue weighted by atomic mass is 10.1. The van der Waals surface area contributed by atoms with Gasteiger partial charge in [-0.05, 0) is 34.0 Å². The fourth-order valence-electron chi connectivity index (χ4n) is 1.07. The number of carbonyl (C=O) groups excluding carboxylic acids is 1. The summed E-state index contributed by atoms with van der Waals surface area (Å²) in [5, 5.41) is 2.63. The minimum absolute atomic E-state index is 0.0945. The molecule has 1 rings (SSSR count). The molecule has 0 radical (unpaired) electrons. The third kappa shape index (κ3) is 3.12. The first kappa shape index (κ1) is 10.7. The maximum Gasteiger partial charge on any atom is 0.220 e. The van der Waals surface area contributed by atoms with Crippen molar-refractivity contribution < 1.29 is 4.79 Å². The van der Waals surface area contributed by atoms with Gasteiger partial charge < -0.3 is 5.32 Å². The first-order valence-electron chi connectivity index (χ1n) is 4.09. The third-order valence-corrected chi connectivity index (χ3v) is 3.71. The second-order valence-electron chi connectivity index (χ2n) is 2.92. The van der Waals surface area contributed by atoms with Gasteiger partial charge in [-0.2, -0.15) is 0 Å². The van der Waals surface area contributed by atoms with Gasteiger partial charge in [-0.25, -0.2) is 0 Å². The third-order valence-electron chi connectivity index (χ3n) is 1.85. The maximum atomic E-state index is 11.1. The van der Waals surface area contributed by atoms with Gasteiger partial charge in [-0.3, -0.25) is 4.79 Å². The average Bonchev–Trinajstić information content (AvgIpc) is 2.51. The molecule has 0 bridgehead atoms. The number of hydrogen-bond acceptors (Lipinski definition) is 2. The molecule has 1 aromatic rings. The van der Waals surface area contributed by atoms with E-state index in [1.54, 1.807) is 18.4 Å². The normalized spacial score (nSPS) is 12.5. The number of rotatable bonds is 3. The van der Waals surface area contributed by atoms with Crippen molar-refractivity contribution in [3.63, 3.8) is 0 Å². The van der Waals surface area contributed by atoms with Crippen molar-refractivity contribution in [3.05, 3.63) is 20.8 Å². The van der Waals surface area contributed by atoms with Crippen molar-refractivity contribution in [2.75, 3.05) is 7.05 Å². The minimum atomic E-state index is 0.0945. The van der Waals surface area contributed by atoms with Crippen LogP contribution < -0.4 is 5.32 Å². The molecule has 0 aliphatic heterocycles. The summed E-state index contributed by atoms with van der Waals surface area (Å²) in [6, 6.07) is 4.07. The fraction of sp³-hybridized carbons (Fsp3) is 0.444. The van der Waals surface area contributed by atoms with E-state index < -0.39 is 0 Å². The van der Waals surface area contributed by atoms with Gasteiger partial charge in [0.2, 0.25) is 5.91 Å². The highest BCUT2D eigenvalue weighted by Gasteiger charge is 2.11. The Morgan fingerprint density at radius 3 is 2.85 bits per heavy atom. The Hall–Kier alpha value is -0.350. The van der Waals surface area contributed by atoms with Crippen molar-refractivity contribution in [1.82, 2.24) is 5.32 Å². The molecule has 1 unspecified atom stereocenters. The molecule has 2 nitrogen and oxygen atoms in total. The summed E-state index contributed by atoms with van der Waals surface area (Å²) < 4.78 is 1.12. The molecule has 0 aromatic carbocycles. The zero-order valence-corrected chi connectivity index (χ0v) is 10.0. The highest BCUT2D eigenvalue weighted by molar-refractivity contribution is 9.11. The van der Waals surface area contributed by atoms with E-state index in [2.05, 4.69) is 34.2 Å². The zero-order chi connectivity index (χ0) is 9.84. The number of nitrogens with one attached hydrogen (secondary N) is 1. The number of hydrogen-bond donors (Lipinski definition) is 1. The van der Waals surface area contributed by atoms with Crippen LogP contribution in [0.25, 0.3) is 0 Å². The minimum Gasteiger partial charge on any atom is -0.359 e. The molecule has 0 saturated carbocycles. The Labute approximate surface area is 90.5 Å². The molecule has 1 aromatic heterocycles. The molecule has 0 aliphatic carbocycles. The van der Waals surface area contributed by atoms with Crippen molar-refractivity contribution in [3.8, 4) is 0 Å². The Balaban J connectivity index is 2.58. The Bertz CT molecular complexity index is 298. The van der Waals surface area contributed by atoms with Gasteiger partial charge in [0.1, 0.15) is 0 Å². The van der Waals surface area contributed by atoms with Crippen LogP contribution in [0.2, 0.25) is 0 Å². The van der Waals surface area contributed by atoms with E-state index in [0.29, 0.717) is 12.3 Å². The highest BCUT2D eigenvalue weighted by atomic mass is 79.9. The quantitative estimate of drug-likeness (QED) is 0.891. The standard InChI is InChI=1S/C9H12BrNOS/c1-6(5-9(12)11-2)7-3-4-8(10)13-7/h3-4,6H,5H2,1-2H3,(H,11,12). The molecule has 0 spiro atoms. The summed E-state index contributed by atoms with van der Waals surface area (Å²) in [6.07, 6.45) is 0.559. The number of halogens is 1. The summed E-state index contributed by atoms with van der Waals surface area (Å²) in [6.45, 7) is 2.06. The van der Waals surface area contributed by atoms with Crippen LogP contribution in [0.3, 0.4) is 0 Å².